The maximum absolute atomic E-state index is 8.90. The van der Waals surface area contributed by atoms with E-state index < -0.39 is 0 Å². The minimum atomic E-state index is -0.164. The Kier molecular flexibility index (Phi) is 3.45. The normalized spacial score (nSPS) is 10.8. The Hall–Kier alpha value is -0.670. The summed E-state index contributed by atoms with van der Waals surface area (Å²) in [6.45, 7) is -0.164. The van der Waals surface area contributed by atoms with Crippen molar-refractivity contribution in [3.63, 3.8) is 0 Å². The van der Waals surface area contributed by atoms with Crippen LogP contribution < -0.4 is 0 Å². The molecule has 0 aliphatic heterocycles. The van der Waals surface area contributed by atoms with Gasteiger partial charge in [-0.15, -0.1) is 0 Å². The maximum atomic E-state index is 8.90. The molecule has 1 N–H and O–H groups in total. The minimum Gasteiger partial charge on any atom is -0.459 e. The first-order chi connectivity index (χ1) is 7.61. The van der Waals surface area contributed by atoms with Gasteiger partial charge in [0.05, 0.1) is 15.6 Å². The molecule has 5 heteroatoms. The molecule has 16 heavy (non-hydrogen) atoms. The highest BCUT2D eigenvalue weighted by Crippen LogP contribution is 2.37. The van der Waals surface area contributed by atoms with Crippen LogP contribution in [-0.2, 0) is 6.61 Å². The number of rotatable bonds is 2. The second-order valence-corrected chi connectivity index (χ2v) is 4.42. The van der Waals surface area contributed by atoms with E-state index in [-0.39, 0.29) is 6.61 Å². The zero-order valence-corrected chi connectivity index (χ0v) is 10.3. The van der Waals surface area contributed by atoms with Crippen LogP contribution in [-0.4, -0.2) is 5.11 Å². The van der Waals surface area contributed by atoms with Crippen molar-refractivity contribution in [3.05, 3.63) is 45.1 Å². The fourth-order valence-electron chi connectivity index (χ4n) is 1.37. The Bertz CT molecular complexity index is 497. The summed E-state index contributed by atoms with van der Waals surface area (Å²) < 4.78 is 5.36. The summed E-state index contributed by atoms with van der Waals surface area (Å²) in [5, 5.41) is 10.2. The molecule has 0 aliphatic carbocycles. The van der Waals surface area contributed by atoms with Crippen molar-refractivity contribution in [1.82, 2.24) is 0 Å². The molecule has 0 saturated carbocycles. The van der Waals surface area contributed by atoms with Crippen LogP contribution in [0.2, 0.25) is 15.1 Å². The van der Waals surface area contributed by atoms with Gasteiger partial charge in [0.2, 0.25) is 0 Å². The zero-order valence-electron chi connectivity index (χ0n) is 8.01. The summed E-state index contributed by atoms with van der Waals surface area (Å²) in [7, 11) is 0. The Labute approximate surface area is 107 Å². The third kappa shape index (κ3) is 2.20. The van der Waals surface area contributed by atoms with Gasteiger partial charge in [-0.2, -0.15) is 0 Å². The van der Waals surface area contributed by atoms with Crippen molar-refractivity contribution in [1.29, 1.82) is 0 Å². The highest BCUT2D eigenvalue weighted by molar-refractivity contribution is 6.41. The van der Waals surface area contributed by atoms with Crippen molar-refractivity contribution in [2.24, 2.45) is 0 Å². The largest absolute Gasteiger partial charge is 0.459 e. The van der Waals surface area contributed by atoms with Crippen LogP contribution in [0.5, 0.6) is 0 Å². The molecule has 1 heterocycles. The number of aliphatic hydroxyl groups excluding tert-OH is 1. The van der Waals surface area contributed by atoms with Crippen LogP contribution in [0.4, 0.5) is 0 Å². The first-order valence-corrected chi connectivity index (χ1v) is 5.59. The standard InChI is InChI=1S/C11H7Cl3O2/c12-6-3-8(13)11(9(14)4-6)10-2-1-7(5-15)16-10/h1-4,15H,5H2. The fourth-order valence-corrected chi connectivity index (χ4v) is 2.38. The lowest BCUT2D eigenvalue weighted by Gasteiger charge is -2.04. The molecule has 84 valence electrons. The van der Waals surface area contributed by atoms with E-state index in [2.05, 4.69) is 0 Å². The zero-order chi connectivity index (χ0) is 11.7. The van der Waals surface area contributed by atoms with Crippen LogP contribution in [0.3, 0.4) is 0 Å². The number of halogens is 3. The van der Waals surface area contributed by atoms with Gasteiger partial charge in [-0.1, -0.05) is 34.8 Å². The minimum absolute atomic E-state index is 0.164. The molecule has 1 aromatic heterocycles. The van der Waals surface area contributed by atoms with Crippen molar-refractivity contribution < 1.29 is 9.52 Å². The highest BCUT2D eigenvalue weighted by Gasteiger charge is 2.13. The van der Waals surface area contributed by atoms with Crippen LogP contribution >= 0.6 is 34.8 Å². The molecule has 0 atom stereocenters. The van der Waals surface area contributed by atoms with Crippen molar-refractivity contribution >= 4 is 34.8 Å². The van der Waals surface area contributed by atoms with E-state index >= 15 is 0 Å². The van der Waals surface area contributed by atoms with Crippen LogP contribution in [0.25, 0.3) is 11.3 Å². The Balaban J connectivity index is 2.55. The molecule has 0 aliphatic rings. The summed E-state index contributed by atoms with van der Waals surface area (Å²) in [6, 6.07) is 6.54. The molecule has 2 nitrogen and oxygen atoms in total. The number of furan rings is 1. The maximum Gasteiger partial charge on any atom is 0.137 e. The van der Waals surface area contributed by atoms with Gasteiger partial charge < -0.3 is 9.52 Å². The second-order valence-electron chi connectivity index (χ2n) is 3.17. The average Bonchev–Trinajstić information content (AvgIpc) is 2.64. The van der Waals surface area contributed by atoms with Gasteiger partial charge >= 0.3 is 0 Å². The van der Waals surface area contributed by atoms with Crippen LogP contribution in [0.1, 0.15) is 5.76 Å². The Morgan fingerprint density at radius 2 is 1.69 bits per heavy atom. The molecule has 0 saturated heterocycles. The third-order valence-electron chi connectivity index (χ3n) is 2.07. The molecule has 2 rings (SSSR count). The van der Waals surface area contributed by atoms with Crippen molar-refractivity contribution in [3.8, 4) is 11.3 Å². The van der Waals surface area contributed by atoms with Crippen LogP contribution in [0, 0.1) is 0 Å². The van der Waals surface area contributed by atoms with E-state index in [4.69, 9.17) is 44.3 Å². The van der Waals surface area contributed by atoms with Crippen molar-refractivity contribution in [2.75, 3.05) is 0 Å². The molecule has 0 spiro atoms. The van der Waals surface area contributed by atoms with Gasteiger partial charge in [-0.3, -0.25) is 0 Å². The van der Waals surface area contributed by atoms with Gasteiger partial charge in [-0.25, -0.2) is 0 Å². The number of aliphatic hydroxyl groups is 1. The molecule has 0 fully saturated rings. The van der Waals surface area contributed by atoms with E-state index in [1.807, 2.05) is 0 Å². The monoisotopic (exact) mass is 276 g/mol. The summed E-state index contributed by atoms with van der Waals surface area (Å²) in [4.78, 5) is 0. The molecular formula is C11H7Cl3O2. The smallest absolute Gasteiger partial charge is 0.137 e. The highest BCUT2D eigenvalue weighted by atomic mass is 35.5. The summed E-state index contributed by atoms with van der Waals surface area (Å²) in [5.74, 6) is 0.966. The topological polar surface area (TPSA) is 33.4 Å². The van der Waals surface area contributed by atoms with Crippen molar-refractivity contribution in [2.45, 2.75) is 6.61 Å². The van der Waals surface area contributed by atoms with Gasteiger partial charge in [0.15, 0.2) is 0 Å². The van der Waals surface area contributed by atoms with E-state index in [1.165, 1.54) is 0 Å². The number of benzene rings is 1. The van der Waals surface area contributed by atoms with Crippen LogP contribution in [0.15, 0.2) is 28.7 Å². The lowest BCUT2D eigenvalue weighted by molar-refractivity contribution is 0.248. The molecule has 0 bridgehead atoms. The van der Waals surface area contributed by atoms with Gasteiger partial charge in [0.1, 0.15) is 18.1 Å². The Morgan fingerprint density at radius 1 is 1.06 bits per heavy atom. The lowest BCUT2D eigenvalue weighted by Crippen LogP contribution is -1.80. The number of hydrogen-bond donors (Lipinski definition) is 1. The predicted molar refractivity (Wildman–Crippen MR) is 65.1 cm³/mol. The molecule has 0 unspecified atom stereocenters. The predicted octanol–water partition coefficient (Wildman–Crippen LogP) is 4.40. The third-order valence-corrected chi connectivity index (χ3v) is 2.89. The Morgan fingerprint density at radius 3 is 2.19 bits per heavy atom. The second kappa shape index (κ2) is 4.68. The van der Waals surface area contributed by atoms with Gasteiger partial charge in [0.25, 0.3) is 0 Å². The van der Waals surface area contributed by atoms with Gasteiger partial charge in [0, 0.05) is 5.02 Å². The molecule has 0 radical (unpaired) electrons. The summed E-state index contributed by atoms with van der Waals surface area (Å²) >= 11 is 17.9. The SMILES string of the molecule is OCc1ccc(-c2c(Cl)cc(Cl)cc2Cl)o1. The van der Waals surface area contributed by atoms with E-state index in [9.17, 15) is 0 Å². The fraction of sp³-hybridized carbons (Fsp3) is 0.0909. The molecule has 1 aromatic carbocycles. The summed E-state index contributed by atoms with van der Waals surface area (Å²) in [6.07, 6.45) is 0. The molecule has 0 amide bonds. The number of hydrogen-bond acceptors (Lipinski definition) is 2. The first kappa shape index (κ1) is 11.8. The molecule has 2 aromatic rings. The first-order valence-electron chi connectivity index (χ1n) is 4.46. The summed E-state index contributed by atoms with van der Waals surface area (Å²) in [5.41, 5.74) is 0.576. The lowest BCUT2D eigenvalue weighted by atomic mass is 10.2. The van der Waals surface area contributed by atoms with E-state index in [1.54, 1.807) is 24.3 Å². The molecular weight excluding hydrogens is 270 g/mol. The van der Waals surface area contributed by atoms with E-state index in [0.717, 1.165) is 0 Å². The van der Waals surface area contributed by atoms with E-state index in [0.29, 0.717) is 32.2 Å². The average molecular weight is 278 g/mol. The quantitative estimate of drug-likeness (QED) is 0.882. The van der Waals surface area contributed by atoms with Gasteiger partial charge in [-0.05, 0) is 24.3 Å².